The zero-order chi connectivity index (χ0) is 21.6. The van der Waals surface area contributed by atoms with E-state index in [1.54, 1.807) is 0 Å². The van der Waals surface area contributed by atoms with Crippen LogP contribution in [0.4, 0.5) is 4.79 Å². The molecule has 2 atom stereocenters. The molecule has 0 saturated carbocycles. The third-order valence-electron chi connectivity index (χ3n) is 7.49. The lowest BCUT2D eigenvalue weighted by atomic mass is 9.74. The summed E-state index contributed by atoms with van der Waals surface area (Å²) in [6, 6.07) is 16.7. The Morgan fingerprint density at radius 3 is 2.13 bits per heavy atom. The Balaban J connectivity index is 1.31. The first kappa shape index (κ1) is 20.1. The van der Waals surface area contributed by atoms with Crippen LogP contribution < -0.4 is 5.32 Å². The summed E-state index contributed by atoms with van der Waals surface area (Å²) in [6.07, 6.45) is 3.23. The Morgan fingerprint density at radius 1 is 1.03 bits per heavy atom. The van der Waals surface area contributed by atoms with E-state index >= 15 is 0 Å². The van der Waals surface area contributed by atoms with E-state index in [1.807, 2.05) is 24.3 Å². The van der Waals surface area contributed by atoms with Crippen molar-refractivity contribution in [1.29, 1.82) is 0 Å². The highest BCUT2D eigenvalue weighted by Crippen LogP contribution is 2.44. The maximum atomic E-state index is 12.8. The fourth-order valence-corrected chi connectivity index (χ4v) is 5.83. The third-order valence-corrected chi connectivity index (χ3v) is 7.49. The van der Waals surface area contributed by atoms with Gasteiger partial charge in [-0.3, -0.25) is 0 Å². The van der Waals surface area contributed by atoms with Crippen molar-refractivity contribution in [3.8, 4) is 11.1 Å². The van der Waals surface area contributed by atoms with E-state index in [9.17, 15) is 14.7 Å². The topological polar surface area (TPSA) is 78.9 Å². The van der Waals surface area contributed by atoms with E-state index in [4.69, 9.17) is 4.74 Å². The average Bonchev–Trinajstić information content (AvgIpc) is 3.07. The van der Waals surface area contributed by atoms with E-state index in [2.05, 4.69) is 41.5 Å². The number of ether oxygens (including phenoxy) is 1. The summed E-state index contributed by atoms with van der Waals surface area (Å²) in [4.78, 5) is 27.3. The normalized spacial score (nSPS) is 27.3. The maximum absolute atomic E-state index is 12.8. The number of alkyl carbamates (subject to hydrolysis) is 1. The minimum absolute atomic E-state index is 0.0456. The second-order valence-electron chi connectivity index (χ2n) is 9.15. The number of aliphatic carboxylic acids is 1. The molecule has 2 aromatic carbocycles. The van der Waals surface area contributed by atoms with Crippen LogP contribution in [0.1, 0.15) is 49.1 Å². The van der Waals surface area contributed by atoms with Crippen molar-refractivity contribution in [3.05, 3.63) is 59.7 Å². The van der Waals surface area contributed by atoms with Crippen molar-refractivity contribution < 1.29 is 19.4 Å². The molecule has 2 N–H and O–H groups in total. The molecule has 2 saturated heterocycles. The summed E-state index contributed by atoms with van der Waals surface area (Å²) >= 11 is 0. The number of carboxylic acids is 1. The average molecular weight is 421 g/mol. The molecule has 31 heavy (non-hydrogen) atoms. The van der Waals surface area contributed by atoms with Gasteiger partial charge in [0.15, 0.2) is 0 Å². The molecule has 162 valence electrons. The van der Waals surface area contributed by atoms with Crippen LogP contribution in [0.25, 0.3) is 11.1 Å². The van der Waals surface area contributed by atoms with Gasteiger partial charge in [0, 0.05) is 18.0 Å². The lowest BCUT2D eigenvalue weighted by Crippen LogP contribution is -2.66. The number of nitrogens with one attached hydrogen (secondary N) is 1. The molecule has 0 aromatic heterocycles. The number of nitrogens with zero attached hydrogens (tertiary/aromatic N) is 1. The van der Waals surface area contributed by atoms with Crippen LogP contribution in [0.5, 0.6) is 0 Å². The summed E-state index contributed by atoms with van der Waals surface area (Å²) < 4.78 is 5.64. The van der Waals surface area contributed by atoms with Gasteiger partial charge in [0.05, 0.1) is 0 Å². The number of amides is 1. The molecule has 5 rings (SSSR count). The van der Waals surface area contributed by atoms with Crippen molar-refractivity contribution in [2.45, 2.75) is 55.6 Å². The first-order chi connectivity index (χ1) is 15.0. The Labute approximate surface area is 182 Å². The van der Waals surface area contributed by atoms with Gasteiger partial charge in [-0.2, -0.15) is 0 Å². The standard InChI is InChI=1S/C25H28N2O4/c1-27-16-7-6-8-17(27)14-25(13-16,23(28)29)26-24(30)31-15-22-20-11-4-2-9-18(20)19-10-3-5-12-21(19)22/h2-5,9-12,16-17,22H,6-8,13-15H2,1H3,(H,26,30)(H,28,29). The Kier molecular flexibility index (Phi) is 4.97. The van der Waals surface area contributed by atoms with Crippen LogP contribution in [0.3, 0.4) is 0 Å². The molecule has 2 unspecified atom stereocenters. The molecule has 2 aromatic rings. The SMILES string of the molecule is CN1C2CCCC1CC(NC(=O)OCC1c3ccccc3-c3ccccc31)(C(=O)O)C2. The minimum Gasteiger partial charge on any atom is -0.480 e. The van der Waals surface area contributed by atoms with Crippen LogP contribution in [-0.2, 0) is 9.53 Å². The fourth-order valence-electron chi connectivity index (χ4n) is 5.83. The van der Waals surface area contributed by atoms with Crippen molar-refractivity contribution in [3.63, 3.8) is 0 Å². The number of hydrogen-bond acceptors (Lipinski definition) is 4. The monoisotopic (exact) mass is 420 g/mol. The molecule has 3 aliphatic rings. The zero-order valence-corrected chi connectivity index (χ0v) is 17.7. The quantitative estimate of drug-likeness (QED) is 0.782. The molecular weight excluding hydrogens is 392 g/mol. The first-order valence-corrected chi connectivity index (χ1v) is 11.1. The Bertz CT molecular complexity index is 961. The van der Waals surface area contributed by atoms with Gasteiger partial charge >= 0.3 is 12.1 Å². The van der Waals surface area contributed by atoms with Crippen molar-refractivity contribution in [2.75, 3.05) is 13.7 Å². The van der Waals surface area contributed by atoms with Gasteiger partial charge in [0.1, 0.15) is 12.1 Å². The summed E-state index contributed by atoms with van der Waals surface area (Å²) in [5.41, 5.74) is 3.34. The van der Waals surface area contributed by atoms with Crippen molar-refractivity contribution in [2.24, 2.45) is 0 Å². The summed E-state index contributed by atoms with van der Waals surface area (Å²) in [7, 11) is 2.06. The number of carboxylic acid groups (broad SMARTS) is 1. The van der Waals surface area contributed by atoms with Gasteiger partial charge in [-0.15, -0.1) is 0 Å². The summed E-state index contributed by atoms with van der Waals surface area (Å²) in [5.74, 6) is -1.01. The van der Waals surface area contributed by atoms with E-state index in [1.165, 1.54) is 0 Å². The van der Waals surface area contributed by atoms with Crippen molar-refractivity contribution >= 4 is 12.1 Å². The summed E-state index contributed by atoms with van der Waals surface area (Å²) in [5, 5.41) is 12.8. The predicted octanol–water partition coefficient (Wildman–Crippen LogP) is 4.00. The number of rotatable bonds is 4. The van der Waals surface area contributed by atoms with Crippen LogP contribution in [0.2, 0.25) is 0 Å². The van der Waals surface area contributed by atoms with Gasteiger partial charge in [0.2, 0.25) is 0 Å². The van der Waals surface area contributed by atoms with Crippen LogP contribution in [-0.4, -0.2) is 53.3 Å². The maximum Gasteiger partial charge on any atom is 0.408 e. The van der Waals surface area contributed by atoms with E-state index in [-0.39, 0.29) is 24.6 Å². The van der Waals surface area contributed by atoms with E-state index in [0.717, 1.165) is 41.5 Å². The number of piperidine rings is 2. The largest absolute Gasteiger partial charge is 0.480 e. The Morgan fingerprint density at radius 2 is 1.58 bits per heavy atom. The first-order valence-electron chi connectivity index (χ1n) is 11.1. The second-order valence-corrected chi connectivity index (χ2v) is 9.15. The highest BCUT2D eigenvalue weighted by Gasteiger charge is 2.51. The lowest BCUT2D eigenvalue weighted by Gasteiger charge is -2.50. The van der Waals surface area contributed by atoms with Gasteiger partial charge < -0.3 is 20.1 Å². The smallest absolute Gasteiger partial charge is 0.408 e. The highest BCUT2D eigenvalue weighted by atomic mass is 16.5. The number of carbonyl (C=O) groups is 2. The number of carbonyl (C=O) groups excluding carboxylic acids is 1. The molecule has 0 radical (unpaired) electrons. The molecule has 6 nitrogen and oxygen atoms in total. The lowest BCUT2D eigenvalue weighted by molar-refractivity contribution is -0.150. The minimum atomic E-state index is -1.26. The number of fused-ring (bicyclic) bond motifs is 5. The number of benzene rings is 2. The Hall–Kier alpha value is -2.86. The molecule has 2 bridgehead atoms. The zero-order valence-electron chi connectivity index (χ0n) is 17.7. The van der Waals surface area contributed by atoms with Crippen LogP contribution in [0, 0.1) is 0 Å². The molecule has 2 aliphatic heterocycles. The molecule has 6 heteroatoms. The van der Waals surface area contributed by atoms with Crippen LogP contribution in [0.15, 0.2) is 48.5 Å². The second kappa shape index (κ2) is 7.68. The predicted molar refractivity (Wildman–Crippen MR) is 117 cm³/mol. The molecule has 1 amide bonds. The van der Waals surface area contributed by atoms with Crippen LogP contribution >= 0.6 is 0 Å². The molecule has 2 heterocycles. The van der Waals surface area contributed by atoms with E-state index < -0.39 is 17.6 Å². The van der Waals surface area contributed by atoms with Gasteiger partial charge in [-0.05, 0) is 55.0 Å². The fraction of sp³-hybridized carbons (Fsp3) is 0.440. The number of hydrogen-bond donors (Lipinski definition) is 2. The highest BCUT2D eigenvalue weighted by molar-refractivity contribution is 5.85. The molecule has 1 aliphatic carbocycles. The summed E-state index contributed by atoms with van der Waals surface area (Å²) in [6.45, 7) is 0.183. The molecular formula is C25H28N2O4. The third kappa shape index (κ3) is 3.39. The molecule has 0 spiro atoms. The van der Waals surface area contributed by atoms with Gasteiger partial charge in [0.25, 0.3) is 0 Å². The van der Waals surface area contributed by atoms with Gasteiger partial charge in [-0.1, -0.05) is 55.0 Å². The van der Waals surface area contributed by atoms with Gasteiger partial charge in [-0.25, -0.2) is 9.59 Å². The van der Waals surface area contributed by atoms with E-state index in [0.29, 0.717) is 12.8 Å². The molecule has 2 fully saturated rings. The van der Waals surface area contributed by atoms with Crippen molar-refractivity contribution in [1.82, 2.24) is 10.2 Å².